The van der Waals surface area contributed by atoms with Gasteiger partial charge < -0.3 is 19.9 Å². The van der Waals surface area contributed by atoms with Crippen LogP contribution in [0.1, 0.15) is 12.8 Å². The lowest BCUT2D eigenvalue weighted by atomic mass is 10.0. The summed E-state index contributed by atoms with van der Waals surface area (Å²) in [6.45, 7) is 6.00. The molecule has 7 heteroatoms. The third kappa shape index (κ3) is 3.98. The molecule has 0 atom stereocenters. The number of nitrogens with one attached hydrogen (secondary N) is 1. The van der Waals surface area contributed by atoms with Crippen LogP contribution in [0.15, 0.2) is 12.4 Å². The van der Waals surface area contributed by atoms with E-state index in [1.165, 1.54) is 0 Å². The van der Waals surface area contributed by atoms with Crippen LogP contribution in [0.3, 0.4) is 0 Å². The van der Waals surface area contributed by atoms with Gasteiger partial charge in [0.05, 0.1) is 11.9 Å². The van der Waals surface area contributed by atoms with E-state index in [-0.39, 0.29) is 6.03 Å². The fraction of sp³-hybridized carbons (Fsp3) is 0.733. The minimum Gasteiger partial charge on any atom is -0.381 e. The Morgan fingerprint density at radius 3 is 2.77 bits per heavy atom. The Kier molecular flexibility index (Phi) is 4.94. The number of nitrogens with zero attached hydrogens (tertiary/aromatic N) is 4. The highest BCUT2D eigenvalue weighted by molar-refractivity contribution is 5.89. The first-order valence-electron chi connectivity index (χ1n) is 8.05. The third-order valence-corrected chi connectivity index (χ3v) is 4.46. The summed E-state index contributed by atoms with van der Waals surface area (Å²) in [5, 5.41) is 7.30. The van der Waals surface area contributed by atoms with Gasteiger partial charge >= 0.3 is 6.03 Å². The van der Waals surface area contributed by atoms with Crippen LogP contribution in [0.2, 0.25) is 0 Å². The monoisotopic (exact) mass is 307 g/mol. The van der Waals surface area contributed by atoms with Gasteiger partial charge in [0, 0.05) is 52.1 Å². The number of ether oxygens (including phenoxy) is 1. The molecule has 2 aliphatic rings. The van der Waals surface area contributed by atoms with E-state index in [1.54, 1.807) is 6.20 Å². The summed E-state index contributed by atoms with van der Waals surface area (Å²) in [5.41, 5.74) is 0.774. The number of urea groups is 1. The van der Waals surface area contributed by atoms with Gasteiger partial charge in [-0.25, -0.2) is 4.79 Å². The first-order valence-corrected chi connectivity index (χ1v) is 8.05. The molecule has 0 radical (unpaired) electrons. The van der Waals surface area contributed by atoms with E-state index in [0.717, 1.165) is 64.5 Å². The van der Waals surface area contributed by atoms with Crippen molar-refractivity contribution in [3.05, 3.63) is 12.4 Å². The van der Waals surface area contributed by atoms with E-state index in [2.05, 4.69) is 22.4 Å². The molecule has 1 N–H and O–H groups in total. The lowest BCUT2D eigenvalue weighted by Crippen LogP contribution is -2.48. The number of carbonyl (C=O) groups excluding carboxylic acids is 1. The van der Waals surface area contributed by atoms with Crippen LogP contribution in [0.5, 0.6) is 0 Å². The lowest BCUT2D eigenvalue weighted by Gasteiger charge is -2.32. The zero-order chi connectivity index (χ0) is 15.4. The van der Waals surface area contributed by atoms with Gasteiger partial charge in [-0.15, -0.1) is 0 Å². The summed E-state index contributed by atoms with van der Waals surface area (Å²) < 4.78 is 7.30. The molecular weight excluding hydrogens is 282 g/mol. The fourth-order valence-corrected chi connectivity index (χ4v) is 2.93. The van der Waals surface area contributed by atoms with Crippen molar-refractivity contribution >= 4 is 11.7 Å². The maximum absolute atomic E-state index is 12.2. The largest absolute Gasteiger partial charge is 0.381 e. The molecular formula is C15H25N5O2. The molecule has 2 fully saturated rings. The van der Waals surface area contributed by atoms with E-state index < -0.39 is 0 Å². The quantitative estimate of drug-likeness (QED) is 0.908. The average molecular weight is 307 g/mol. The van der Waals surface area contributed by atoms with Crippen LogP contribution in [-0.4, -0.2) is 72.1 Å². The topological polar surface area (TPSA) is 62.6 Å². The number of carbonyl (C=O) groups is 1. The van der Waals surface area contributed by atoms with Crippen LogP contribution >= 0.6 is 0 Å². The SMILES string of the molecule is CN1CCN(C(=O)Nc2cnn(CC3CCOCC3)c2)CC1. The molecule has 3 rings (SSSR count). The van der Waals surface area contributed by atoms with E-state index in [1.807, 2.05) is 15.8 Å². The molecule has 1 aromatic rings. The predicted molar refractivity (Wildman–Crippen MR) is 83.9 cm³/mol. The molecule has 3 heterocycles. The van der Waals surface area contributed by atoms with Crippen molar-refractivity contribution in [1.29, 1.82) is 0 Å². The summed E-state index contributed by atoms with van der Waals surface area (Å²) in [4.78, 5) is 16.3. The lowest BCUT2D eigenvalue weighted by molar-refractivity contribution is 0.0601. The van der Waals surface area contributed by atoms with Gasteiger partial charge in [-0.1, -0.05) is 0 Å². The number of aromatic nitrogens is 2. The van der Waals surface area contributed by atoms with Crippen molar-refractivity contribution in [2.24, 2.45) is 5.92 Å². The fourth-order valence-electron chi connectivity index (χ4n) is 2.93. The van der Waals surface area contributed by atoms with Crippen LogP contribution in [0, 0.1) is 5.92 Å². The molecule has 0 spiro atoms. The number of hydrogen-bond acceptors (Lipinski definition) is 4. The minimum atomic E-state index is -0.0290. The average Bonchev–Trinajstić information content (AvgIpc) is 2.96. The molecule has 7 nitrogen and oxygen atoms in total. The molecule has 1 aromatic heterocycles. The maximum atomic E-state index is 12.2. The molecule has 0 saturated carbocycles. The van der Waals surface area contributed by atoms with Gasteiger partial charge in [0.15, 0.2) is 0 Å². The Morgan fingerprint density at radius 1 is 1.32 bits per heavy atom. The number of anilines is 1. The Morgan fingerprint density at radius 2 is 2.05 bits per heavy atom. The molecule has 0 aromatic carbocycles. The number of amides is 2. The summed E-state index contributed by atoms with van der Waals surface area (Å²) in [7, 11) is 2.08. The normalized spacial score (nSPS) is 21.0. The molecule has 0 unspecified atom stereocenters. The smallest absolute Gasteiger partial charge is 0.322 e. The number of piperazine rings is 1. The molecule has 0 aliphatic carbocycles. The zero-order valence-electron chi connectivity index (χ0n) is 13.2. The van der Waals surface area contributed by atoms with Crippen molar-refractivity contribution in [3.8, 4) is 0 Å². The maximum Gasteiger partial charge on any atom is 0.322 e. The summed E-state index contributed by atoms with van der Waals surface area (Å²) in [6, 6.07) is -0.0290. The second kappa shape index (κ2) is 7.11. The third-order valence-electron chi connectivity index (χ3n) is 4.46. The second-order valence-corrected chi connectivity index (χ2v) is 6.23. The Balaban J connectivity index is 1.49. The molecule has 2 saturated heterocycles. The number of hydrogen-bond donors (Lipinski definition) is 1. The first-order chi connectivity index (χ1) is 10.7. The Bertz CT molecular complexity index is 490. The molecule has 122 valence electrons. The standard InChI is InChI=1S/C15H25N5O2/c1-18-4-6-19(7-5-18)15(21)17-14-10-16-20(12-14)11-13-2-8-22-9-3-13/h10,12-13H,2-9,11H2,1H3,(H,17,21). The van der Waals surface area contributed by atoms with Gasteiger partial charge in [0.25, 0.3) is 0 Å². The van der Waals surface area contributed by atoms with E-state index in [4.69, 9.17) is 4.74 Å². The highest BCUT2D eigenvalue weighted by Crippen LogP contribution is 2.17. The summed E-state index contributed by atoms with van der Waals surface area (Å²) >= 11 is 0. The van der Waals surface area contributed by atoms with Gasteiger partial charge in [-0.05, 0) is 25.8 Å². The number of likely N-dealkylation sites (N-methyl/N-ethyl adjacent to an activating group) is 1. The van der Waals surface area contributed by atoms with Crippen molar-refractivity contribution in [2.45, 2.75) is 19.4 Å². The molecule has 0 bridgehead atoms. The van der Waals surface area contributed by atoms with Gasteiger partial charge in [-0.2, -0.15) is 5.10 Å². The molecule has 22 heavy (non-hydrogen) atoms. The Labute approximate surface area is 131 Å². The van der Waals surface area contributed by atoms with Crippen molar-refractivity contribution < 1.29 is 9.53 Å². The zero-order valence-corrected chi connectivity index (χ0v) is 13.2. The summed E-state index contributed by atoms with van der Waals surface area (Å²) in [5.74, 6) is 0.620. The van der Waals surface area contributed by atoms with Crippen LogP contribution in [0.4, 0.5) is 10.5 Å². The van der Waals surface area contributed by atoms with Crippen molar-refractivity contribution in [1.82, 2.24) is 19.6 Å². The summed E-state index contributed by atoms with van der Waals surface area (Å²) in [6.07, 6.45) is 5.82. The van der Waals surface area contributed by atoms with E-state index in [9.17, 15) is 4.79 Å². The highest BCUT2D eigenvalue weighted by atomic mass is 16.5. The van der Waals surface area contributed by atoms with Crippen LogP contribution in [0.25, 0.3) is 0 Å². The first kappa shape index (κ1) is 15.3. The second-order valence-electron chi connectivity index (χ2n) is 6.23. The van der Waals surface area contributed by atoms with Crippen molar-refractivity contribution in [2.75, 3.05) is 51.8 Å². The molecule has 2 aliphatic heterocycles. The van der Waals surface area contributed by atoms with E-state index in [0.29, 0.717) is 5.92 Å². The van der Waals surface area contributed by atoms with Crippen LogP contribution in [-0.2, 0) is 11.3 Å². The van der Waals surface area contributed by atoms with E-state index >= 15 is 0 Å². The minimum absolute atomic E-state index is 0.0290. The molecule has 2 amide bonds. The highest BCUT2D eigenvalue weighted by Gasteiger charge is 2.20. The van der Waals surface area contributed by atoms with Gasteiger partial charge in [0.2, 0.25) is 0 Å². The van der Waals surface area contributed by atoms with Crippen LogP contribution < -0.4 is 5.32 Å². The van der Waals surface area contributed by atoms with Gasteiger partial charge in [-0.3, -0.25) is 4.68 Å². The van der Waals surface area contributed by atoms with Crippen molar-refractivity contribution in [3.63, 3.8) is 0 Å². The Hall–Kier alpha value is -1.60. The predicted octanol–water partition coefficient (Wildman–Crippen LogP) is 1.09. The number of rotatable bonds is 3. The van der Waals surface area contributed by atoms with Gasteiger partial charge in [0.1, 0.15) is 0 Å².